The number of hydrogen-bond donors (Lipinski definition) is 2. The topological polar surface area (TPSA) is 99.3 Å². The summed E-state index contributed by atoms with van der Waals surface area (Å²) in [6, 6.07) is 3.79. The Morgan fingerprint density at radius 2 is 1.78 bits per heavy atom. The molecule has 0 radical (unpaired) electrons. The average molecular weight is 427 g/mol. The van der Waals surface area contributed by atoms with Crippen molar-refractivity contribution in [3.05, 3.63) is 23.7 Å². The number of halogens is 3. The number of furan rings is 1. The molecule has 0 aromatic carbocycles. The molecule has 1 aliphatic heterocycles. The van der Waals surface area contributed by atoms with Gasteiger partial charge in [-0.05, 0) is 26.2 Å². The maximum atomic E-state index is 12.3. The summed E-state index contributed by atoms with van der Waals surface area (Å²) in [5.74, 6) is 2.20. The van der Waals surface area contributed by atoms with Gasteiger partial charge in [0.25, 0.3) is 0 Å². The van der Waals surface area contributed by atoms with E-state index in [1.165, 1.54) is 11.8 Å². The molecule has 8 nitrogen and oxygen atoms in total. The number of nitrogens with zero attached hydrogens (tertiary/aromatic N) is 3. The monoisotopic (exact) mass is 427 g/mol. The fourth-order valence-corrected chi connectivity index (χ4v) is 3.62. The molecule has 1 aliphatic rings. The van der Waals surface area contributed by atoms with Gasteiger partial charge in [0.05, 0.1) is 12.3 Å². The van der Waals surface area contributed by atoms with E-state index in [-0.39, 0.29) is 5.84 Å². The van der Waals surface area contributed by atoms with Crippen molar-refractivity contribution >= 4 is 33.6 Å². The summed E-state index contributed by atoms with van der Waals surface area (Å²) in [5.41, 5.74) is 0. The Balaban J connectivity index is 1.75. The van der Waals surface area contributed by atoms with Crippen molar-refractivity contribution in [2.75, 3.05) is 32.9 Å². The van der Waals surface area contributed by atoms with Crippen LogP contribution in [0.4, 0.5) is 13.2 Å². The fourth-order valence-electron chi connectivity index (χ4n) is 2.06. The van der Waals surface area contributed by atoms with Gasteiger partial charge in [-0.3, -0.25) is 0 Å². The summed E-state index contributed by atoms with van der Waals surface area (Å²) in [6.07, 6.45) is -4.50. The maximum absolute atomic E-state index is 12.3. The SMILES string of the molecule is CN(C)Cc1ccc(CSCCNC2=NS(=O)(=O)N=C2NCC(F)(F)F)o1. The number of hydrogen-bond acceptors (Lipinski definition) is 7. The lowest BCUT2D eigenvalue weighted by Gasteiger charge is -2.11. The Labute approximate surface area is 159 Å². The number of thioether (sulfide) groups is 1. The zero-order chi connectivity index (χ0) is 20.1. The van der Waals surface area contributed by atoms with Crippen LogP contribution in [0.15, 0.2) is 25.3 Å². The van der Waals surface area contributed by atoms with Crippen molar-refractivity contribution < 1.29 is 26.0 Å². The third kappa shape index (κ3) is 7.81. The van der Waals surface area contributed by atoms with Crippen molar-refractivity contribution in [3.8, 4) is 0 Å². The molecule has 1 aromatic rings. The van der Waals surface area contributed by atoms with Gasteiger partial charge in [0, 0.05) is 12.3 Å². The first kappa shape index (κ1) is 21.6. The highest BCUT2D eigenvalue weighted by Crippen LogP contribution is 2.16. The van der Waals surface area contributed by atoms with E-state index in [4.69, 9.17) is 4.42 Å². The highest BCUT2D eigenvalue weighted by atomic mass is 32.2. The van der Waals surface area contributed by atoms with Crippen LogP contribution in [0.25, 0.3) is 0 Å². The van der Waals surface area contributed by atoms with E-state index in [0.29, 0.717) is 24.6 Å². The quantitative estimate of drug-likeness (QED) is 0.605. The van der Waals surface area contributed by atoms with Crippen molar-refractivity contribution in [1.29, 1.82) is 0 Å². The van der Waals surface area contributed by atoms with E-state index < -0.39 is 28.8 Å². The highest BCUT2D eigenvalue weighted by Gasteiger charge is 2.31. The Morgan fingerprint density at radius 3 is 2.41 bits per heavy atom. The van der Waals surface area contributed by atoms with E-state index in [9.17, 15) is 21.6 Å². The summed E-state index contributed by atoms with van der Waals surface area (Å²) in [4.78, 5) is 1.99. The molecule has 2 N–H and O–H groups in total. The van der Waals surface area contributed by atoms with Gasteiger partial charge in [-0.15, -0.1) is 8.80 Å². The summed E-state index contributed by atoms with van der Waals surface area (Å²) in [6.45, 7) is -0.394. The number of amidine groups is 2. The second-order valence-corrected chi connectivity index (χ2v) is 8.25. The minimum atomic E-state index is -4.50. The van der Waals surface area contributed by atoms with Gasteiger partial charge in [0.15, 0.2) is 11.7 Å². The highest BCUT2D eigenvalue weighted by molar-refractivity contribution is 7.98. The first-order chi connectivity index (χ1) is 12.5. The summed E-state index contributed by atoms with van der Waals surface area (Å²) in [7, 11) is -0.267. The van der Waals surface area contributed by atoms with E-state index in [2.05, 4.69) is 14.1 Å². The Morgan fingerprint density at radius 1 is 1.15 bits per heavy atom. The number of nitrogens with one attached hydrogen (secondary N) is 2. The third-order valence-corrected chi connectivity index (χ3v) is 4.87. The molecule has 152 valence electrons. The fraction of sp³-hybridized carbons (Fsp3) is 0.571. The van der Waals surface area contributed by atoms with Crippen molar-refractivity contribution in [2.45, 2.75) is 18.5 Å². The Hall–Kier alpha value is -1.73. The smallest absolute Gasteiger partial charge is 0.405 e. The molecule has 0 amide bonds. The van der Waals surface area contributed by atoms with Gasteiger partial charge in [-0.1, -0.05) is 0 Å². The molecule has 0 unspecified atom stereocenters. The van der Waals surface area contributed by atoms with Gasteiger partial charge >= 0.3 is 16.4 Å². The van der Waals surface area contributed by atoms with Gasteiger partial charge < -0.3 is 20.0 Å². The minimum Gasteiger partial charge on any atom is -0.464 e. The molecular weight excluding hydrogens is 407 g/mol. The molecule has 0 aliphatic carbocycles. The molecule has 0 saturated carbocycles. The second-order valence-electron chi connectivity index (χ2n) is 5.88. The lowest BCUT2D eigenvalue weighted by Crippen LogP contribution is -2.43. The lowest BCUT2D eigenvalue weighted by molar-refractivity contribution is -0.121. The van der Waals surface area contributed by atoms with Gasteiger partial charge in [-0.25, -0.2) is 0 Å². The lowest BCUT2D eigenvalue weighted by atomic mass is 10.4. The predicted molar refractivity (Wildman–Crippen MR) is 98.1 cm³/mol. The molecule has 0 atom stereocenters. The molecule has 2 rings (SSSR count). The number of rotatable bonds is 8. The molecule has 13 heteroatoms. The third-order valence-electron chi connectivity index (χ3n) is 3.07. The first-order valence-electron chi connectivity index (χ1n) is 7.84. The zero-order valence-electron chi connectivity index (χ0n) is 14.7. The van der Waals surface area contributed by atoms with E-state index in [1.807, 2.05) is 36.4 Å². The number of alkyl halides is 3. The first-order valence-corrected chi connectivity index (χ1v) is 10.4. The molecule has 0 bridgehead atoms. The van der Waals surface area contributed by atoms with Crippen LogP contribution in [0, 0.1) is 0 Å². The van der Waals surface area contributed by atoms with Crippen molar-refractivity contribution in [2.24, 2.45) is 8.80 Å². The van der Waals surface area contributed by atoms with Crippen LogP contribution in [0.1, 0.15) is 11.5 Å². The average Bonchev–Trinajstić information content (AvgIpc) is 3.07. The van der Waals surface area contributed by atoms with Crippen LogP contribution >= 0.6 is 11.8 Å². The van der Waals surface area contributed by atoms with Crippen LogP contribution in [-0.4, -0.2) is 64.1 Å². The molecule has 0 spiro atoms. The van der Waals surface area contributed by atoms with Crippen molar-refractivity contribution in [1.82, 2.24) is 15.5 Å². The molecule has 27 heavy (non-hydrogen) atoms. The minimum absolute atomic E-state index is 0.217. The van der Waals surface area contributed by atoms with Crippen molar-refractivity contribution in [3.63, 3.8) is 0 Å². The maximum Gasteiger partial charge on any atom is 0.405 e. The van der Waals surface area contributed by atoms with Crippen LogP contribution in [0.3, 0.4) is 0 Å². The second kappa shape index (κ2) is 8.97. The molecule has 0 saturated heterocycles. The normalized spacial score (nSPS) is 16.4. The van der Waals surface area contributed by atoms with Crippen LogP contribution in [0.5, 0.6) is 0 Å². The predicted octanol–water partition coefficient (Wildman–Crippen LogP) is 1.37. The Kier molecular flexibility index (Phi) is 7.17. The standard InChI is InChI=1S/C14H20F3N5O3S2/c1-22(2)7-10-3-4-11(25-10)8-26-6-5-18-12-13(19-9-14(15,16)17)21-27(23,24)20-12/h3-4H,5-9H2,1-2H3,(H,18,20)(H,19,21). The van der Waals surface area contributed by atoms with Crippen LogP contribution in [-0.2, 0) is 22.5 Å². The van der Waals surface area contributed by atoms with E-state index in [1.54, 1.807) is 0 Å². The van der Waals surface area contributed by atoms with Crippen LogP contribution in [0.2, 0.25) is 0 Å². The van der Waals surface area contributed by atoms with Crippen LogP contribution < -0.4 is 10.6 Å². The van der Waals surface area contributed by atoms with Gasteiger partial charge in [0.2, 0.25) is 0 Å². The zero-order valence-corrected chi connectivity index (χ0v) is 16.3. The molecule has 0 fully saturated rings. The molecular formula is C14H20F3N5O3S2. The molecule has 1 aromatic heterocycles. The summed E-state index contributed by atoms with van der Waals surface area (Å²) in [5, 5.41) is 4.63. The largest absolute Gasteiger partial charge is 0.464 e. The molecule has 2 heterocycles. The van der Waals surface area contributed by atoms with E-state index in [0.717, 1.165) is 11.5 Å². The van der Waals surface area contributed by atoms with Gasteiger partial charge in [-0.2, -0.15) is 33.4 Å². The van der Waals surface area contributed by atoms with Gasteiger partial charge in [0.1, 0.15) is 18.1 Å². The summed E-state index contributed by atoms with van der Waals surface area (Å²) < 4.78 is 71.7. The summed E-state index contributed by atoms with van der Waals surface area (Å²) >= 11 is 1.53. The Bertz CT molecular complexity index is 803. The van der Waals surface area contributed by atoms with E-state index >= 15 is 0 Å².